The van der Waals surface area contributed by atoms with Crippen LogP contribution in [0.25, 0.3) is 11.3 Å². The van der Waals surface area contributed by atoms with Gasteiger partial charge in [-0.25, -0.2) is 9.97 Å². The molecule has 3 rings (SSSR count). The summed E-state index contributed by atoms with van der Waals surface area (Å²) in [5, 5.41) is 8.67. The molecule has 0 bridgehead atoms. The number of nitrogens with one attached hydrogen (secondary N) is 1. The van der Waals surface area contributed by atoms with Gasteiger partial charge in [0.25, 0.3) is 0 Å². The highest BCUT2D eigenvalue weighted by atomic mass is 35.5. The van der Waals surface area contributed by atoms with E-state index in [0.717, 1.165) is 42.9 Å². The van der Waals surface area contributed by atoms with Crippen molar-refractivity contribution in [2.45, 2.75) is 78.3 Å². The van der Waals surface area contributed by atoms with Crippen LogP contribution in [-0.4, -0.2) is 25.8 Å². The van der Waals surface area contributed by atoms with E-state index in [1.54, 1.807) is 6.20 Å². The second-order valence-corrected chi connectivity index (χ2v) is 8.03. The molecule has 142 valence electrons. The van der Waals surface area contributed by atoms with Crippen LogP contribution in [0, 0.1) is 5.92 Å². The Bertz CT molecular complexity index is 736. The van der Waals surface area contributed by atoms with Gasteiger partial charge >= 0.3 is 0 Å². The van der Waals surface area contributed by atoms with Gasteiger partial charge in [0, 0.05) is 23.3 Å². The molecule has 0 amide bonds. The lowest BCUT2D eigenvalue weighted by Crippen LogP contribution is -2.19. The zero-order chi connectivity index (χ0) is 18.7. The number of anilines is 1. The van der Waals surface area contributed by atoms with E-state index in [2.05, 4.69) is 47.8 Å². The van der Waals surface area contributed by atoms with Gasteiger partial charge in [0.1, 0.15) is 0 Å². The van der Waals surface area contributed by atoms with Crippen LogP contribution in [0.2, 0.25) is 5.02 Å². The Morgan fingerprint density at radius 1 is 1.27 bits per heavy atom. The van der Waals surface area contributed by atoms with Crippen molar-refractivity contribution in [1.82, 2.24) is 19.7 Å². The van der Waals surface area contributed by atoms with Crippen molar-refractivity contribution in [2.24, 2.45) is 5.92 Å². The molecule has 0 spiro atoms. The molecule has 2 aromatic rings. The summed E-state index contributed by atoms with van der Waals surface area (Å²) in [4.78, 5) is 9.16. The standard InChI is InChI=1S/C20H30ClN5/c1-5-7-15(6-2)24-20-22-12-17(21)19(25-20)16-11-23-26(13(3)4)18(16)10-14-8-9-14/h11-15H,5-10H2,1-4H3,(H,22,24,25)/t15-/m1/s1. The third-order valence-electron chi connectivity index (χ3n) is 5.03. The van der Waals surface area contributed by atoms with Crippen LogP contribution in [0.4, 0.5) is 5.95 Å². The predicted molar refractivity (Wildman–Crippen MR) is 108 cm³/mol. The number of rotatable bonds is 9. The van der Waals surface area contributed by atoms with E-state index in [0.29, 0.717) is 23.1 Å². The normalized spacial score (nSPS) is 15.5. The summed E-state index contributed by atoms with van der Waals surface area (Å²) in [6.45, 7) is 8.71. The van der Waals surface area contributed by atoms with E-state index in [4.69, 9.17) is 16.6 Å². The first-order valence-corrected chi connectivity index (χ1v) is 10.3. The first kappa shape index (κ1) is 19.2. The van der Waals surface area contributed by atoms with Crippen LogP contribution >= 0.6 is 11.6 Å². The average Bonchev–Trinajstić information content (AvgIpc) is 3.33. The van der Waals surface area contributed by atoms with Crippen molar-refractivity contribution in [2.75, 3.05) is 5.32 Å². The van der Waals surface area contributed by atoms with Gasteiger partial charge in [-0.3, -0.25) is 4.68 Å². The Morgan fingerprint density at radius 3 is 2.65 bits per heavy atom. The third-order valence-corrected chi connectivity index (χ3v) is 5.31. The molecule has 0 saturated heterocycles. The quantitative estimate of drug-likeness (QED) is 0.627. The molecule has 1 aliphatic carbocycles. The third kappa shape index (κ3) is 4.37. The van der Waals surface area contributed by atoms with E-state index in [-0.39, 0.29) is 0 Å². The zero-order valence-corrected chi connectivity index (χ0v) is 17.1. The van der Waals surface area contributed by atoms with Gasteiger partial charge in [0.2, 0.25) is 5.95 Å². The van der Waals surface area contributed by atoms with E-state index >= 15 is 0 Å². The van der Waals surface area contributed by atoms with Crippen LogP contribution in [0.5, 0.6) is 0 Å². The molecule has 1 atom stereocenters. The van der Waals surface area contributed by atoms with Crippen molar-refractivity contribution in [3.63, 3.8) is 0 Å². The number of hydrogen-bond acceptors (Lipinski definition) is 4. The zero-order valence-electron chi connectivity index (χ0n) is 16.3. The highest BCUT2D eigenvalue weighted by Crippen LogP contribution is 2.37. The second kappa shape index (κ2) is 8.38. The van der Waals surface area contributed by atoms with Crippen LogP contribution in [0.3, 0.4) is 0 Å². The molecule has 2 aromatic heterocycles. The van der Waals surface area contributed by atoms with Crippen LogP contribution in [0.15, 0.2) is 12.4 Å². The highest BCUT2D eigenvalue weighted by Gasteiger charge is 2.27. The molecule has 1 aliphatic rings. The first-order chi connectivity index (χ1) is 12.5. The predicted octanol–water partition coefficient (Wildman–Crippen LogP) is 5.52. The molecule has 0 aromatic carbocycles. The lowest BCUT2D eigenvalue weighted by Gasteiger charge is -2.17. The maximum Gasteiger partial charge on any atom is 0.223 e. The van der Waals surface area contributed by atoms with Gasteiger partial charge in [0.15, 0.2) is 0 Å². The van der Waals surface area contributed by atoms with Gasteiger partial charge in [-0.05, 0) is 51.9 Å². The summed E-state index contributed by atoms with van der Waals surface area (Å²) >= 11 is 6.49. The summed E-state index contributed by atoms with van der Waals surface area (Å²) in [6, 6.07) is 0.711. The summed E-state index contributed by atoms with van der Waals surface area (Å²) < 4.78 is 2.12. The van der Waals surface area contributed by atoms with Crippen molar-refractivity contribution in [3.05, 3.63) is 23.1 Å². The fourth-order valence-electron chi connectivity index (χ4n) is 3.36. The lowest BCUT2D eigenvalue weighted by atomic mass is 10.1. The largest absolute Gasteiger partial charge is 0.351 e. The second-order valence-electron chi connectivity index (χ2n) is 7.62. The van der Waals surface area contributed by atoms with Gasteiger partial charge in [0.05, 0.1) is 23.1 Å². The molecular formula is C20H30ClN5. The maximum atomic E-state index is 6.49. The molecule has 26 heavy (non-hydrogen) atoms. The molecule has 1 fully saturated rings. The van der Waals surface area contributed by atoms with Gasteiger partial charge in [-0.15, -0.1) is 0 Å². The minimum atomic E-state index is 0.324. The average molecular weight is 376 g/mol. The molecule has 1 N–H and O–H groups in total. The summed E-state index contributed by atoms with van der Waals surface area (Å²) in [6.07, 6.45) is 10.6. The van der Waals surface area contributed by atoms with E-state index in [1.807, 2.05) is 6.20 Å². The first-order valence-electron chi connectivity index (χ1n) is 9.89. The van der Waals surface area contributed by atoms with Crippen molar-refractivity contribution < 1.29 is 0 Å². The summed E-state index contributed by atoms with van der Waals surface area (Å²) in [5.74, 6) is 1.43. The summed E-state index contributed by atoms with van der Waals surface area (Å²) in [7, 11) is 0. The number of nitrogens with zero attached hydrogens (tertiary/aromatic N) is 4. The monoisotopic (exact) mass is 375 g/mol. The SMILES string of the molecule is CCC[C@@H](CC)Nc1ncc(Cl)c(-c2cnn(C(C)C)c2CC2CC2)n1. The van der Waals surface area contributed by atoms with E-state index in [9.17, 15) is 0 Å². The van der Waals surface area contributed by atoms with Crippen molar-refractivity contribution in [1.29, 1.82) is 0 Å². The topological polar surface area (TPSA) is 55.6 Å². The highest BCUT2D eigenvalue weighted by molar-refractivity contribution is 6.32. The minimum absolute atomic E-state index is 0.324. The number of hydrogen-bond donors (Lipinski definition) is 1. The van der Waals surface area contributed by atoms with E-state index in [1.165, 1.54) is 18.5 Å². The molecule has 0 unspecified atom stereocenters. The fourth-order valence-corrected chi connectivity index (χ4v) is 3.56. The molecular weight excluding hydrogens is 346 g/mol. The number of halogens is 1. The Morgan fingerprint density at radius 2 is 2.04 bits per heavy atom. The summed E-state index contributed by atoms with van der Waals surface area (Å²) in [5.41, 5.74) is 3.08. The van der Waals surface area contributed by atoms with Crippen LogP contribution < -0.4 is 5.32 Å². The van der Waals surface area contributed by atoms with Crippen molar-refractivity contribution >= 4 is 17.5 Å². The maximum absolute atomic E-state index is 6.49. The minimum Gasteiger partial charge on any atom is -0.351 e. The van der Waals surface area contributed by atoms with Crippen LogP contribution in [-0.2, 0) is 6.42 Å². The Hall–Kier alpha value is -1.62. The molecule has 6 heteroatoms. The van der Waals surface area contributed by atoms with Gasteiger partial charge < -0.3 is 5.32 Å². The van der Waals surface area contributed by atoms with Crippen molar-refractivity contribution in [3.8, 4) is 11.3 Å². The lowest BCUT2D eigenvalue weighted by molar-refractivity contribution is 0.503. The van der Waals surface area contributed by atoms with Gasteiger partial charge in [-0.1, -0.05) is 31.9 Å². The Balaban J connectivity index is 1.94. The Labute approximate surface area is 161 Å². The smallest absolute Gasteiger partial charge is 0.223 e. The number of aromatic nitrogens is 4. The van der Waals surface area contributed by atoms with Gasteiger partial charge in [-0.2, -0.15) is 5.10 Å². The Kier molecular flexibility index (Phi) is 6.17. The molecule has 1 saturated carbocycles. The molecule has 0 radical (unpaired) electrons. The fraction of sp³-hybridized carbons (Fsp3) is 0.650. The molecule has 2 heterocycles. The van der Waals surface area contributed by atoms with Crippen LogP contribution in [0.1, 0.15) is 71.5 Å². The molecule has 5 nitrogen and oxygen atoms in total. The van der Waals surface area contributed by atoms with E-state index < -0.39 is 0 Å². The molecule has 0 aliphatic heterocycles.